The Morgan fingerprint density at radius 1 is 0.402 bits per heavy atom. The van der Waals surface area contributed by atoms with Gasteiger partial charge in [-0.15, -0.1) is 0 Å². The maximum atomic E-state index is 13.1. The number of allylic oxidation sites excluding steroid dienone is 11. The Morgan fingerprint density at radius 2 is 0.750 bits per heavy atom. The number of aliphatic hydroxyl groups is 5. The number of carbonyl (C=O) groups excluding carboxylic acids is 2. The molecule has 1 amide bonds. The number of nitrogens with one attached hydrogen (secondary N) is 1. The highest BCUT2D eigenvalue weighted by Crippen LogP contribution is 2.23. The minimum Gasteiger partial charge on any atom is -0.466 e. The number of hydrogen-bond donors (Lipinski definition) is 6. The van der Waals surface area contributed by atoms with Crippen LogP contribution in [0.15, 0.2) is 72.9 Å². The van der Waals surface area contributed by atoms with Crippen LogP contribution in [0.1, 0.15) is 367 Å². The number of aliphatic hydroxyl groups excluding tert-OH is 5. The van der Waals surface area contributed by atoms with Gasteiger partial charge in [0.05, 0.1) is 32.0 Å². The maximum absolute atomic E-state index is 13.1. The molecule has 11 heteroatoms. The number of esters is 1. The van der Waals surface area contributed by atoms with Gasteiger partial charge >= 0.3 is 5.97 Å². The van der Waals surface area contributed by atoms with Gasteiger partial charge < -0.3 is 45.1 Å². The second-order valence-electron chi connectivity index (χ2n) is 27.0. The molecule has 1 aliphatic rings. The fourth-order valence-electron chi connectivity index (χ4n) is 12.1. The quantitative estimate of drug-likeness (QED) is 0.0195. The number of amides is 1. The molecule has 0 aromatic heterocycles. The average Bonchev–Trinajstić information content (AvgIpc) is 0.891. The van der Waals surface area contributed by atoms with Crippen LogP contribution in [0.25, 0.3) is 0 Å². The fraction of sp³-hybridized carbons (Fsp3) is 0.827. The third-order valence-corrected chi connectivity index (χ3v) is 18.3. The van der Waals surface area contributed by atoms with E-state index < -0.39 is 49.5 Å². The van der Waals surface area contributed by atoms with Gasteiger partial charge in [-0.25, -0.2) is 0 Å². The van der Waals surface area contributed by atoms with Crippen molar-refractivity contribution in [1.82, 2.24) is 5.32 Å². The summed E-state index contributed by atoms with van der Waals surface area (Å²) in [5.41, 5.74) is 0. The molecule has 0 radical (unpaired) electrons. The second kappa shape index (κ2) is 69.5. The van der Waals surface area contributed by atoms with Crippen molar-refractivity contribution in [3.63, 3.8) is 0 Å². The van der Waals surface area contributed by atoms with Gasteiger partial charge in [0.15, 0.2) is 6.29 Å². The molecule has 536 valence electrons. The molecule has 6 N–H and O–H groups in total. The van der Waals surface area contributed by atoms with Crippen molar-refractivity contribution in [3.05, 3.63) is 72.9 Å². The van der Waals surface area contributed by atoms with Gasteiger partial charge in [-0.3, -0.25) is 9.59 Å². The topological polar surface area (TPSA) is 175 Å². The van der Waals surface area contributed by atoms with E-state index in [9.17, 15) is 35.1 Å². The molecule has 0 bridgehead atoms. The molecule has 92 heavy (non-hydrogen) atoms. The Morgan fingerprint density at radius 3 is 1.17 bits per heavy atom. The molecule has 0 saturated carbocycles. The SMILES string of the molecule is CCCC/C=C\C/C=C\CCCCCCCC(=O)OCCCCCCCCCCCCCCC/C=C\C/C=C\CCCCCCCCCCCCCCCCCCCC(=O)NC(COC1OC(CO)C(O)C(O)C1O)C(O)/C=C/CC/C=C/CCCCCCCCC. The summed E-state index contributed by atoms with van der Waals surface area (Å²) < 4.78 is 16.7. The lowest BCUT2D eigenvalue weighted by atomic mass is 9.99. The molecular weight excluding hydrogens is 1150 g/mol. The molecule has 7 unspecified atom stereocenters. The lowest BCUT2D eigenvalue weighted by Gasteiger charge is -2.40. The predicted molar refractivity (Wildman–Crippen MR) is 389 cm³/mol. The van der Waals surface area contributed by atoms with E-state index in [0.717, 1.165) is 70.6 Å². The highest BCUT2D eigenvalue weighted by molar-refractivity contribution is 5.76. The van der Waals surface area contributed by atoms with E-state index in [1.54, 1.807) is 6.08 Å². The minimum absolute atomic E-state index is 0.00246. The molecule has 1 saturated heterocycles. The van der Waals surface area contributed by atoms with Crippen LogP contribution < -0.4 is 5.32 Å². The number of ether oxygens (including phenoxy) is 3. The van der Waals surface area contributed by atoms with Crippen molar-refractivity contribution in [2.45, 2.75) is 410 Å². The Kier molecular flexibility index (Phi) is 65.8. The Bertz CT molecular complexity index is 1760. The monoisotopic (exact) mass is 1290 g/mol. The standard InChI is InChI=1S/C81H147NO10/c1-3-5-7-9-11-13-15-17-45-49-53-57-61-65-69-77(86)90-70-66-62-58-54-50-46-42-40-38-36-34-32-30-28-26-24-22-20-18-19-21-23-25-27-29-31-33-35-37-39-41-44-48-52-56-60-64-68-76(85)82-73(72-91-81-80(89)79(88)78(87)75(71-83)92-81)74(84)67-63-59-55-51-47-43-16-14-12-10-8-6-4-2/h9,11,15,17-18,20,24,26,47,51,63,67,73-75,78-81,83-84,87-89H,3-8,10,12-14,16,19,21-23,25,27-46,48-50,52-62,64-66,68-72H2,1-2H3,(H,82,85)/b11-9-,17-15-,20-18-,26-24-,51-47+,67-63+. The fourth-order valence-corrected chi connectivity index (χ4v) is 12.1. The summed E-state index contributed by atoms with van der Waals surface area (Å²) in [5.74, 6) is -0.191. The summed E-state index contributed by atoms with van der Waals surface area (Å²) in [6, 6.07) is -0.827. The van der Waals surface area contributed by atoms with Crippen LogP contribution in [0.2, 0.25) is 0 Å². The number of rotatable bonds is 69. The van der Waals surface area contributed by atoms with Gasteiger partial charge in [-0.2, -0.15) is 0 Å². The number of carbonyl (C=O) groups is 2. The average molecular weight is 1300 g/mol. The van der Waals surface area contributed by atoms with Gasteiger partial charge in [-0.05, 0) is 103 Å². The lowest BCUT2D eigenvalue weighted by Crippen LogP contribution is -2.60. The maximum Gasteiger partial charge on any atom is 0.305 e. The minimum atomic E-state index is -1.58. The summed E-state index contributed by atoms with van der Waals surface area (Å²) in [6.45, 7) is 4.31. The molecule has 1 rings (SSSR count). The molecule has 0 spiro atoms. The normalized spacial score (nSPS) is 17.9. The second-order valence-corrected chi connectivity index (χ2v) is 27.0. The van der Waals surface area contributed by atoms with Gasteiger partial charge in [0.25, 0.3) is 0 Å². The van der Waals surface area contributed by atoms with Gasteiger partial charge in [-0.1, -0.05) is 324 Å². The molecule has 1 heterocycles. The zero-order valence-electron chi connectivity index (χ0n) is 59.8. The van der Waals surface area contributed by atoms with Crippen LogP contribution in [0, 0.1) is 0 Å². The van der Waals surface area contributed by atoms with Gasteiger partial charge in [0.1, 0.15) is 24.4 Å². The third-order valence-electron chi connectivity index (χ3n) is 18.3. The molecule has 0 aliphatic carbocycles. The largest absolute Gasteiger partial charge is 0.466 e. The Labute approximate surface area is 566 Å². The zero-order chi connectivity index (χ0) is 66.5. The van der Waals surface area contributed by atoms with E-state index in [-0.39, 0.29) is 18.5 Å². The van der Waals surface area contributed by atoms with E-state index in [1.807, 2.05) is 6.08 Å². The van der Waals surface area contributed by atoms with E-state index in [0.29, 0.717) is 19.4 Å². The summed E-state index contributed by atoms with van der Waals surface area (Å²) in [4.78, 5) is 25.1. The van der Waals surface area contributed by atoms with Crippen molar-refractivity contribution in [2.75, 3.05) is 19.8 Å². The number of hydrogen-bond acceptors (Lipinski definition) is 10. The molecule has 1 fully saturated rings. The predicted octanol–water partition coefficient (Wildman–Crippen LogP) is 21.0. The lowest BCUT2D eigenvalue weighted by molar-refractivity contribution is -0.302. The van der Waals surface area contributed by atoms with Crippen LogP contribution in [0.4, 0.5) is 0 Å². The molecule has 0 aromatic rings. The van der Waals surface area contributed by atoms with Crippen LogP contribution in [0.5, 0.6) is 0 Å². The van der Waals surface area contributed by atoms with Crippen molar-refractivity contribution in [3.8, 4) is 0 Å². The van der Waals surface area contributed by atoms with Crippen LogP contribution in [-0.2, 0) is 23.8 Å². The van der Waals surface area contributed by atoms with Crippen molar-refractivity contribution in [1.29, 1.82) is 0 Å². The van der Waals surface area contributed by atoms with Crippen molar-refractivity contribution in [2.24, 2.45) is 0 Å². The van der Waals surface area contributed by atoms with Crippen LogP contribution >= 0.6 is 0 Å². The molecule has 7 atom stereocenters. The van der Waals surface area contributed by atoms with Crippen LogP contribution in [-0.4, -0.2) is 100 Å². The molecule has 11 nitrogen and oxygen atoms in total. The van der Waals surface area contributed by atoms with E-state index in [1.165, 1.54) is 270 Å². The van der Waals surface area contributed by atoms with Crippen molar-refractivity contribution >= 4 is 11.9 Å². The van der Waals surface area contributed by atoms with Gasteiger partial charge in [0, 0.05) is 12.8 Å². The highest BCUT2D eigenvalue weighted by atomic mass is 16.7. The van der Waals surface area contributed by atoms with E-state index >= 15 is 0 Å². The first-order chi connectivity index (χ1) is 45.2. The summed E-state index contributed by atoms with van der Waals surface area (Å²) in [6.07, 6.45) is 85.0. The van der Waals surface area contributed by atoms with Crippen LogP contribution in [0.3, 0.4) is 0 Å². The smallest absolute Gasteiger partial charge is 0.305 e. The Hall–Kier alpha value is -2.90. The molecular formula is C81H147NO10. The van der Waals surface area contributed by atoms with E-state index in [4.69, 9.17) is 14.2 Å². The first kappa shape index (κ1) is 87.1. The van der Waals surface area contributed by atoms with Crippen molar-refractivity contribution < 1.29 is 49.3 Å². The highest BCUT2D eigenvalue weighted by Gasteiger charge is 2.44. The van der Waals surface area contributed by atoms with E-state index in [2.05, 4.69) is 79.9 Å². The summed E-state index contributed by atoms with van der Waals surface area (Å²) >= 11 is 0. The first-order valence-corrected chi connectivity index (χ1v) is 39.2. The third kappa shape index (κ3) is 57.4. The molecule has 1 aliphatic heterocycles. The molecule has 0 aromatic carbocycles. The van der Waals surface area contributed by atoms with Gasteiger partial charge in [0.2, 0.25) is 5.91 Å². The number of unbranched alkanes of at least 4 members (excludes halogenated alkanes) is 45. The Balaban J connectivity index is 1.93. The zero-order valence-corrected chi connectivity index (χ0v) is 59.8. The summed E-state index contributed by atoms with van der Waals surface area (Å²) in [5, 5.41) is 54.5. The summed E-state index contributed by atoms with van der Waals surface area (Å²) in [7, 11) is 0. The first-order valence-electron chi connectivity index (χ1n) is 39.2.